The fourth-order valence-corrected chi connectivity index (χ4v) is 13.3. The number of nitro benzene ring substituents is 1. The topological polar surface area (TPSA) is 173 Å². The van der Waals surface area contributed by atoms with E-state index in [1.807, 2.05) is 200 Å². The van der Waals surface area contributed by atoms with E-state index in [-0.39, 0.29) is 41.9 Å². The quantitative estimate of drug-likeness (QED) is 0.0376. The number of fused-ring (bicyclic) bond motifs is 1. The average molecular weight is 1200 g/mol. The van der Waals surface area contributed by atoms with Crippen LogP contribution in [0.4, 0.5) is 11.6 Å². The molecule has 2 N–H and O–H groups in total. The Hall–Kier alpha value is -10.7. The summed E-state index contributed by atoms with van der Waals surface area (Å²) >= 11 is 0. The summed E-state index contributed by atoms with van der Waals surface area (Å²) in [6, 6.07) is 96.6. The van der Waals surface area contributed by atoms with Crippen molar-refractivity contribution in [2.75, 3.05) is 18.5 Å². The highest BCUT2D eigenvalue weighted by atomic mass is 16.6. The Labute approximate surface area is 527 Å². The molecule has 1 aliphatic heterocycles. The number of hydrogen-bond donors (Lipinski definition) is 2. The molecule has 0 bridgehead atoms. The van der Waals surface area contributed by atoms with Gasteiger partial charge in [-0.15, -0.1) is 0 Å². The van der Waals surface area contributed by atoms with Gasteiger partial charge >= 0.3 is 0 Å². The number of benzene rings is 10. The van der Waals surface area contributed by atoms with E-state index in [2.05, 4.69) is 78.1 Å². The molecule has 1 fully saturated rings. The van der Waals surface area contributed by atoms with Crippen LogP contribution < -0.4 is 10.1 Å². The number of imidazole rings is 1. The van der Waals surface area contributed by atoms with Gasteiger partial charge in [-0.3, -0.25) is 24.8 Å². The summed E-state index contributed by atoms with van der Waals surface area (Å²) in [5.41, 5.74) is 1.21. The molecule has 91 heavy (non-hydrogen) atoms. The van der Waals surface area contributed by atoms with Crippen molar-refractivity contribution in [3.05, 3.63) is 369 Å². The van der Waals surface area contributed by atoms with E-state index in [4.69, 9.17) is 33.9 Å². The van der Waals surface area contributed by atoms with Crippen LogP contribution in [0.15, 0.2) is 304 Å². The SMILES string of the molecule is CC(=O)Nc1nc(OCCc2ccc([N+](=O)[O-])cc2)c2ncn([C@@H]3O[C@H](COC(c4ccccc4)(c4ccccc4)c4ccccc4)[C@@H](OC(c4ccccc4)(c4ccccc4)c4ccccc4)[C@]3(O)C(c3ccccc3)(c3ccccc3)c3ccccc3)c2n1. The van der Waals surface area contributed by atoms with Crippen molar-refractivity contribution < 1.29 is 33.8 Å². The summed E-state index contributed by atoms with van der Waals surface area (Å²) in [5.74, 6) is -0.523. The molecule has 0 spiro atoms. The van der Waals surface area contributed by atoms with E-state index in [1.165, 1.54) is 19.1 Å². The van der Waals surface area contributed by atoms with Gasteiger partial charge in [0.25, 0.3) is 5.69 Å². The van der Waals surface area contributed by atoms with Gasteiger partial charge < -0.3 is 24.1 Å². The highest BCUT2D eigenvalue weighted by Crippen LogP contribution is 2.61. The lowest BCUT2D eigenvalue weighted by molar-refractivity contribution is -0.384. The van der Waals surface area contributed by atoms with Gasteiger partial charge in [-0.25, -0.2) is 4.98 Å². The minimum Gasteiger partial charge on any atom is -0.476 e. The summed E-state index contributed by atoms with van der Waals surface area (Å²) < 4.78 is 32.7. The van der Waals surface area contributed by atoms with E-state index >= 15 is 5.11 Å². The zero-order valence-electron chi connectivity index (χ0n) is 49.8. The van der Waals surface area contributed by atoms with Crippen LogP contribution in [0.2, 0.25) is 0 Å². The first-order valence-corrected chi connectivity index (χ1v) is 30.2. The number of amides is 1. The molecule has 0 aliphatic carbocycles. The van der Waals surface area contributed by atoms with Crippen LogP contribution in [0.1, 0.15) is 68.8 Å². The van der Waals surface area contributed by atoms with Crippen LogP contribution in [-0.2, 0) is 42.0 Å². The Morgan fingerprint density at radius 3 is 1.33 bits per heavy atom. The van der Waals surface area contributed by atoms with Crippen molar-refractivity contribution >= 4 is 28.7 Å². The van der Waals surface area contributed by atoms with Crippen LogP contribution in [0, 0.1) is 10.1 Å². The second-order valence-electron chi connectivity index (χ2n) is 22.5. The smallest absolute Gasteiger partial charge is 0.269 e. The predicted octanol–water partition coefficient (Wildman–Crippen LogP) is 14.4. The normalized spacial score (nSPS) is 16.7. The van der Waals surface area contributed by atoms with Crippen molar-refractivity contribution in [2.45, 2.75) is 54.0 Å². The molecule has 2 aromatic heterocycles. The van der Waals surface area contributed by atoms with E-state index in [0.29, 0.717) is 23.1 Å². The number of aliphatic hydroxyl groups is 1. The third-order valence-corrected chi connectivity index (χ3v) is 17.2. The molecular formula is C77H64N6O8. The zero-order valence-corrected chi connectivity index (χ0v) is 49.8. The Kier molecular flexibility index (Phi) is 16.8. The van der Waals surface area contributed by atoms with Gasteiger partial charge in [0.05, 0.1) is 29.9 Å². The lowest BCUT2D eigenvalue weighted by atomic mass is 9.56. The Bertz CT molecular complexity index is 4100. The maximum atomic E-state index is 16.3. The fraction of sp³-hybridized carbons (Fsp3) is 0.143. The zero-order chi connectivity index (χ0) is 62.3. The van der Waals surface area contributed by atoms with Crippen molar-refractivity contribution in [3.8, 4) is 5.88 Å². The summed E-state index contributed by atoms with van der Waals surface area (Å²) in [6.07, 6.45) is -2.28. The van der Waals surface area contributed by atoms with Crippen LogP contribution in [0.5, 0.6) is 5.88 Å². The Morgan fingerprint density at radius 2 is 0.945 bits per heavy atom. The number of non-ortho nitro benzene ring substituents is 1. The minimum absolute atomic E-state index is 0.0266. The van der Waals surface area contributed by atoms with Gasteiger partial charge in [0.2, 0.25) is 17.7 Å². The molecule has 0 saturated carbocycles. The van der Waals surface area contributed by atoms with Gasteiger partial charge in [0.1, 0.15) is 23.4 Å². The minimum atomic E-state index is -2.35. The molecule has 1 aliphatic rings. The molecule has 4 atom stereocenters. The third-order valence-electron chi connectivity index (χ3n) is 17.2. The van der Waals surface area contributed by atoms with Gasteiger partial charge in [0, 0.05) is 25.5 Å². The van der Waals surface area contributed by atoms with Gasteiger partial charge in [-0.1, -0.05) is 285 Å². The van der Waals surface area contributed by atoms with Crippen LogP contribution in [0.25, 0.3) is 11.2 Å². The molecule has 1 saturated heterocycles. The summed E-state index contributed by atoms with van der Waals surface area (Å²) in [5, 5.41) is 30.7. The van der Waals surface area contributed by atoms with Crippen molar-refractivity contribution in [1.82, 2.24) is 19.5 Å². The highest BCUT2D eigenvalue weighted by Gasteiger charge is 2.71. The lowest BCUT2D eigenvalue weighted by Gasteiger charge is -2.53. The van der Waals surface area contributed by atoms with E-state index in [9.17, 15) is 14.9 Å². The maximum absolute atomic E-state index is 16.3. The molecule has 1 amide bonds. The monoisotopic (exact) mass is 1200 g/mol. The molecule has 12 aromatic rings. The number of anilines is 1. The second kappa shape index (κ2) is 25.8. The van der Waals surface area contributed by atoms with Crippen molar-refractivity contribution in [3.63, 3.8) is 0 Å². The predicted molar refractivity (Wildman–Crippen MR) is 349 cm³/mol. The van der Waals surface area contributed by atoms with Crippen molar-refractivity contribution in [2.24, 2.45) is 0 Å². The largest absolute Gasteiger partial charge is 0.476 e. The molecule has 14 nitrogen and oxygen atoms in total. The number of rotatable bonds is 22. The van der Waals surface area contributed by atoms with Crippen LogP contribution in [-0.4, -0.2) is 66.5 Å². The van der Waals surface area contributed by atoms with E-state index < -0.39 is 51.5 Å². The van der Waals surface area contributed by atoms with Crippen molar-refractivity contribution in [1.29, 1.82) is 0 Å². The summed E-state index contributed by atoms with van der Waals surface area (Å²) in [6.45, 7) is 1.21. The summed E-state index contributed by atoms with van der Waals surface area (Å²) in [4.78, 5) is 39.1. The standard InChI is InChI=1S/C77H64N6O8/c1-55(84)79-73-80-70-68(71(81-73)88-52-51-56-47-49-66(50-48-56)83(86)87)78-54-82(70)72-77(85,74(57-29-11-2-12-30-57,58-31-13-3-14-32-58)59-33-15-4-16-34-59)69(91-76(63-41-23-8-24-42-63,64-43-25-9-26-44-64)65-45-27-10-28-46-65)67(90-72)53-89-75(60-35-17-5-18-36-60,61-37-19-6-20-38-61)62-39-21-7-22-40-62/h2-50,54,67,69,72,85H,51-53H2,1H3,(H,79,80,81,84)/t67-,69-,72-,77-/m1/s1. The Balaban J connectivity index is 1.12. The van der Waals surface area contributed by atoms with E-state index in [1.54, 1.807) is 23.0 Å². The number of hydrogen-bond acceptors (Lipinski definition) is 11. The number of nitrogens with zero attached hydrogens (tertiary/aromatic N) is 5. The van der Waals surface area contributed by atoms with E-state index in [0.717, 1.165) is 38.9 Å². The first-order chi connectivity index (χ1) is 44.6. The van der Waals surface area contributed by atoms with Gasteiger partial charge in [-0.05, 0) is 55.6 Å². The molecule has 14 heteroatoms. The first-order valence-electron chi connectivity index (χ1n) is 30.2. The lowest BCUT2D eigenvalue weighted by Crippen LogP contribution is -2.65. The highest BCUT2D eigenvalue weighted by molar-refractivity contribution is 5.88. The summed E-state index contributed by atoms with van der Waals surface area (Å²) in [7, 11) is 0. The fourth-order valence-electron chi connectivity index (χ4n) is 13.3. The number of carbonyl (C=O) groups excluding carboxylic acids is 1. The molecule has 10 aromatic carbocycles. The molecule has 0 unspecified atom stereocenters. The number of carbonyl (C=O) groups is 1. The number of nitro groups is 1. The Morgan fingerprint density at radius 1 is 0.560 bits per heavy atom. The van der Waals surface area contributed by atoms with Crippen LogP contribution in [0.3, 0.4) is 0 Å². The number of ether oxygens (including phenoxy) is 4. The maximum Gasteiger partial charge on any atom is 0.269 e. The first kappa shape index (κ1) is 59.2. The molecule has 3 heterocycles. The molecule has 450 valence electrons. The number of aromatic nitrogens is 4. The van der Waals surface area contributed by atoms with Gasteiger partial charge in [0.15, 0.2) is 23.0 Å². The van der Waals surface area contributed by atoms with Crippen LogP contribution >= 0.6 is 0 Å². The molecule has 0 radical (unpaired) electrons. The number of nitrogens with one attached hydrogen (secondary N) is 1. The third kappa shape index (κ3) is 10.9. The molecular weight excluding hydrogens is 1140 g/mol. The average Bonchev–Trinajstić information content (AvgIpc) is 1.61. The second-order valence-corrected chi connectivity index (χ2v) is 22.5. The molecule has 13 rings (SSSR count). The van der Waals surface area contributed by atoms with Gasteiger partial charge in [-0.2, -0.15) is 9.97 Å².